The van der Waals surface area contributed by atoms with E-state index in [4.69, 9.17) is 4.74 Å². The zero-order valence-corrected chi connectivity index (χ0v) is 8.17. The average Bonchev–Trinajstić information content (AvgIpc) is 2.50. The number of hydrogen-bond acceptors (Lipinski definition) is 3. The normalized spacial score (nSPS) is 21.6. The van der Waals surface area contributed by atoms with E-state index >= 15 is 0 Å². The van der Waals surface area contributed by atoms with Gasteiger partial charge in [-0.2, -0.15) is 0 Å². The van der Waals surface area contributed by atoms with Gasteiger partial charge in [-0.15, -0.1) is 0 Å². The van der Waals surface area contributed by atoms with E-state index in [0.29, 0.717) is 18.4 Å². The van der Waals surface area contributed by atoms with Crippen LogP contribution in [0, 0.1) is 0 Å². The van der Waals surface area contributed by atoms with Crippen LogP contribution in [0.5, 0.6) is 0 Å². The maximum absolute atomic E-state index is 11.3. The monoisotopic (exact) mass is 184 g/mol. The van der Waals surface area contributed by atoms with Crippen molar-refractivity contribution in [3.05, 3.63) is 11.6 Å². The second-order valence-corrected chi connectivity index (χ2v) is 3.51. The minimum atomic E-state index is -1.19. The molecule has 0 bridgehead atoms. The predicted octanol–water partition coefficient (Wildman–Crippen LogP) is 1.76. The van der Waals surface area contributed by atoms with Crippen LogP contribution in [0.25, 0.3) is 0 Å². The third-order valence-corrected chi connectivity index (χ3v) is 2.42. The highest BCUT2D eigenvalue weighted by Crippen LogP contribution is 2.31. The van der Waals surface area contributed by atoms with Crippen molar-refractivity contribution in [3.8, 4) is 0 Å². The van der Waals surface area contributed by atoms with E-state index in [1.165, 1.54) is 0 Å². The second-order valence-electron chi connectivity index (χ2n) is 3.51. The first-order valence-electron chi connectivity index (χ1n) is 4.66. The molecule has 0 spiro atoms. The van der Waals surface area contributed by atoms with Gasteiger partial charge in [-0.25, -0.2) is 4.79 Å². The van der Waals surface area contributed by atoms with Crippen molar-refractivity contribution in [1.29, 1.82) is 0 Å². The van der Waals surface area contributed by atoms with E-state index in [-0.39, 0.29) is 0 Å². The number of ether oxygens (including phenoxy) is 1. The zero-order chi connectivity index (χ0) is 9.90. The van der Waals surface area contributed by atoms with Crippen LogP contribution in [-0.2, 0) is 9.53 Å². The fraction of sp³-hybridized carbons (Fsp3) is 0.700. The van der Waals surface area contributed by atoms with Crippen LogP contribution in [0.2, 0.25) is 0 Å². The molecule has 13 heavy (non-hydrogen) atoms. The summed E-state index contributed by atoms with van der Waals surface area (Å²) in [5.74, 6) is -1.60. The average molecular weight is 184 g/mol. The summed E-state index contributed by atoms with van der Waals surface area (Å²) >= 11 is 0. The molecule has 0 saturated heterocycles. The van der Waals surface area contributed by atoms with Gasteiger partial charge in [0.25, 0.3) is 0 Å². The number of aliphatic hydroxyl groups is 1. The molecular formula is C10H16O3. The Morgan fingerprint density at radius 1 is 1.46 bits per heavy atom. The second kappa shape index (κ2) is 3.92. The number of carbonyl (C=O) groups is 1. The Kier molecular flexibility index (Phi) is 3.09. The van der Waals surface area contributed by atoms with Crippen LogP contribution in [0.1, 0.15) is 39.5 Å². The Morgan fingerprint density at radius 2 is 2.00 bits per heavy atom. The quantitative estimate of drug-likeness (QED) is 0.404. The van der Waals surface area contributed by atoms with Crippen LogP contribution < -0.4 is 0 Å². The molecular weight excluding hydrogens is 168 g/mol. The lowest BCUT2D eigenvalue weighted by Gasteiger charge is -2.22. The van der Waals surface area contributed by atoms with Crippen LogP contribution in [0.4, 0.5) is 0 Å². The van der Waals surface area contributed by atoms with Crippen LogP contribution in [0.3, 0.4) is 0 Å². The SMILES string of the molecule is CC=C(C)C(=O)OC1(O)CCCC1. The number of allylic oxidation sites excluding steroid dienone is 1. The Balaban J connectivity index is 2.53. The first-order valence-corrected chi connectivity index (χ1v) is 4.66. The Labute approximate surface area is 78.4 Å². The van der Waals surface area contributed by atoms with Crippen molar-refractivity contribution in [2.75, 3.05) is 0 Å². The molecule has 0 aromatic carbocycles. The maximum Gasteiger partial charge on any atom is 0.335 e. The molecule has 0 radical (unpaired) electrons. The topological polar surface area (TPSA) is 46.5 Å². The smallest absolute Gasteiger partial charge is 0.335 e. The molecule has 0 aliphatic heterocycles. The maximum atomic E-state index is 11.3. The van der Waals surface area contributed by atoms with Gasteiger partial charge < -0.3 is 9.84 Å². The highest BCUT2D eigenvalue weighted by Gasteiger charge is 2.35. The summed E-state index contributed by atoms with van der Waals surface area (Å²) in [5.41, 5.74) is 0.542. The molecule has 0 aromatic heterocycles. The predicted molar refractivity (Wildman–Crippen MR) is 48.9 cm³/mol. The zero-order valence-electron chi connectivity index (χ0n) is 8.17. The molecule has 1 rings (SSSR count). The van der Waals surface area contributed by atoms with Gasteiger partial charge in [-0.3, -0.25) is 0 Å². The van der Waals surface area contributed by atoms with Gasteiger partial charge in [-0.1, -0.05) is 6.08 Å². The Morgan fingerprint density at radius 3 is 2.46 bits per heavy atom. The van der Waals surface area contributed by atoms with Gasteiger partial charge in [0, 0.05) is 18.4 Å². The molecule has 0 unspecified atom stereocenters. The molecule has 0 heterocycles. The lowest BCUT2D eigenvalue weighted by atomic mass is 10.2. The highest BCUT2D eigenvalue weighted by atomic mass is 16.7. The van der Waals surface area contributed by atoms with E-state index in [9.17, 15) is 9.90 Å². The summed E-state index contributed by atoms with van der Waals surface area (Å²) < 4.78 is 5.00. The first kappa shape index (κ1) is 10.3. The van der Waals surface area contributed by atoms with Gasteiger partial charge in [0.2, 0.25) is 5.79 Å². The molecule has 3 heteroatoms. The summed E-state index contributed by atoms with van der Waals surface area (Å²) in [4.78, 5) is 11.3. The first-order chi connectivity index (χ1) is 6.07. The number of carbonyl (C=O) groups excluding carboxylic acids is 1. The van der Waals surface area contributed by atoms with Gasteiger partial charge >= 0.3 is 5.97 Å². The third kappa shape index (κ3) is 2.56. The molecule has 3 nitrogen and oxygen atoms in total. The van der Waals surface area contributed by atoms with Gasteiger partial charge in [0.15, 0.2) is 0 Å². The minimum Gasteiger partial charge on any atom is -0.430 e. The highest BCUT2D eigenvalue weighted by molar-refractivity contribution is 5.87. The summed E-state index contributed by atoms with van der Waals surface area (Å²) in [6.07, 6.45) is 4.67. The van der Waals surface area contributed by atoms with Crippen molar-refractivity contribution >= 4 is 5.97 Å². The van der Waals surface area contributed by atoms with Crippen LogP contribution in [-0.4, -0.2) is 16.9 Å². The number of hydrogen-bond donors (Lipinski definition) is 1. The van der Waals surface area contributed by atoms with Crippen molar-refractivity contribution in [2.24, 2.45) is 0 Å². The molecule has 0 atom stereocenters. The van der Waals surface area contributed by atoms with E-state index in [0.717, 1.165) is 12.8 Å². The third-order valence-electron chi connectivity index (χ3n) is 2.42. The standard InChI is InChI=1S/C10H16O3/c1-3-8(2)9(11)13-10(12)6-4-5-7-10/h3,12H,4-7H2,1-2H3. The van der Waals surface area contributed by atoms with E-state index < -0.39 is 11.8 Å². The molecule has 1 aliphatic carbocycles. The van der Waals surface area contributed by atoms with E-state index in [1.54, 1.807) is 19.9 Å². The fourth-order valence-corrected chi connectivity index (χ4v) is 1.40. The summed E-state index contributed by atoms with van der Waals surface area (Å²) in [5, 5.41) is 9.74. The molecule has 74 valence electrons. The lowest BCUT2D eigenvalue weighted by molar-refractivity contribution is -0.201. The van der Waals surface area contributed by atoms with E-state index in [2.05, 4.69) is 0 Å². The molecule has 1 aliphatic rings. The van der Waals surface area contributed by atoms with Crippen molar-refractivity contribution in [3.63, 3.8) is 0 Å². The summed E-state index contributed by atoms with van der Waals surface area (Å²) in [7, 11) is 0. The molecule has 0 amide bonds. The molecule has 1 fully saturated rings. The largest absolute Gasteiger partial charge is 0.430 e. The summed E-state index contributed by atoms with van der Waals surface area (Å²) in [6.45, 7) is 3.45. The fourth-order valence-electron chi connectivity index (χ4n) is 1.40. The molecule has 1 N–H and O–H groups in total. The number of esters is 1. The van der Waals surface area contributed by atoms with Gasteiger partial charge in [0.1, 0.15) is 0 Å². The van der Waals surface area contributed by atoms with Crippen molar-refractivity contribution in [2.45, 2.75) is 45.3 Å². The Hall–Kier alpha value is -0.830. The molecule has 0 aromatic rings. The van der Waals surface area contributed by atoms with Crippen molar-refractivity contribution < 1.29 is 14.6 Å². The van der Waals surface area contributed by atoms with Gasteiger partial charge in [-0.05, 0) is 26.7 Å². The van der Waals surface area contributed by atoms with Crippen LogP contribution in [0.15, 0.2) is 11.6 Å². The molecule has 1 saturated carbocycles. The lowest BCUT2D eigenvalue weighted by Crippen LogP contribution is -2.31. The Bertz CT molecular complexity index is 224. The minimum absolute atomic E-state index is 0.410. The van der Waals surface area contributed by atoms with Crippen molar-refractivity contribution in [1.82, 2.24) is 0 Å². The summed E-state index contributed by atoms with van der Waals surface area (Å²) in [6, 6.07) is 0. The number of rotatable bonds is 2. The van der Waals surface area contributed by atoms with Crippen LogP contribution >= 0.6 is 0 Å². The van der Waals surface area contributed by atoms with E-state index in [1.807, 2.05) is 0 Å². The van der Waals surface area contributed by atoms with Gasteiger partial charge in [0.05, 0.1) is 0 Å².